The quantitative estimate of drug-likeness (QED) is 0.445. The van der Waals surface area contributed by atoms with Crippen molar-refractivity contribution in [1.82, 2.24) is 4.98 Å². The standard InChI is InChI=1S/C19H21N3O4.ClH/c23-19(24)14-8-9-20-17(12-14)18(21-25)13-26-16-6-4-15(5-7-16)22-10-2-1-3-11-22;/h4-9,12,25H,1-3,10-11,13H2,(H,23,24);1H/b21-18+;. The van der Waals surface area contributed by atoms with Crippen LogP contribution in [0.15, 0.2) is 47.8 Å². The van der Waals surface area contributed by atoms with E-state index in [1.165, 1.54) is 43.3 Å². The van der Waals surface area contributed by atoms with E-state index in [9.17, 15) is 10.0 Å². The normalized spacial score (nSPS) is 14.4. The summed E-state index contributed by atoms with van der Waals surface area (Å²) in [5.74, 6) is -0.429. The van der Waals surface area contributed by atoms with Crippen molar-refractivity contribution in [3.05, 3.63) is 53.9 Å². The zero-order valence-corrected chi connectivity index (χ0v) is 15.6. The Balaban J connectivity index is 0.00000261. The first-order valence-electron chi connectivity index (χ1n) is 8.56. The number of hydrogen-bond acceptors (Lipinski definition) is 6. The summed E-state index contributed by atoms with van der Waals surface area (Å²) in [6.07, 6.45) is 5.09. The number of ether oxygens (including phenoxy) is 1. The molecule has 0 atom stereocenters. The van der Waals surface area contributed by atoms with Gasteiger partial charge in [-0.2, -0.15) is 0 Å². The summed E-state index contributed by atoms with van der Waals surface area (Å²) in [7, 11) is 0. The van der Waals surface area contributed by atoms with Crippen LogP contribution in [0.3, 0.4) is 0 Å². The van der Waals surface area contributed by atoms with Crippen molar-refractivity contribution < 1.29 is 19.8 Å². The van der Waals surface area contributed by atoms with Gasteiger partial charge in [0.1, 0.15) is 18.1 Å². The summed E-state index contributed by atoms with van der Waals surface area (Å²) in [5.41, 5.74) is 1.66. The zero-order valence-electron chi connectivity index (χ0n) is 14.7. The summed E-state index contributed by atoms with van der Waals surface area (Å²) >= 11 is 0. The molecule has 1 fully saturated rings. The lowest BCUT2D eigenvalue weighted by Gasteiger charge is -2.28. The molecular formula is C19H22ClN3O4. The lowest BCUT2D eigenvalue weighted by atomic mass is 10.1. The molecule has 0 saturated carbocycles. The predicted octanol–water partition coefficient (Wildman–Crippen LogP) is 3.45. The van der Waals surface area contributed by atoms with Gasteiger partial charge in [0, 0.05) is 25.0 Å². The second-order valence-corrected chi connectivity index (χ2v) is 6.11. The Labute approximate surface area is 163 Å². The van der Waals surface area contributed by atoms with Gasteiger partial charge < -0.3 is 20.0 Å². The van der Waals surface area contributed by atoms with Crippen LogP contribution in [0.4, 0.5) is 5.69 Å². The highest BCUT2D eigenvalue weighted by Crippen LogP contribution is 2.22. The molecule has 1 saturated heterocycles. The van der Waals surface area contributed by atoms with Crippen molar-refractivity contribution in [3.63, 3.8) is 0 Å². The van der Waals surface area contributed by atoms with E-state index in [4.69, 9.17) is 9.84 Å². The molecule has 1 aliphatic heterocycles. The third-order valence-electron chi connectivity index (χ3n) is 4.36. The van der Waals surface area contributed by atoms with E-state index >= 15 is 0 Å². The number of aromatic carboxylic acids is 1. The Morgan fingerprint density at radius 1 is 1.15 bits per heavy atom. The number of pyridine rings is 1. The van der Waals surface area contributed by atoms with Gasteiger partial charge in [-0.1, -0.05) is 5.16 Å². The van der Waals surface area contributed by atoms with Crippen LogP contribution in [0.25, 0.3) is 0 Å². The maximum Gasteiger partial charge on any atom is 0.335 e. The highest BCUT2D eigenvalue weighted by molar-refractivity contribution is 6.01. The van der Waals surface area contributed by atoms with Gasteiger partial charge in [-0.3, -0.25) is 4.98 Å². The molecule has 144 valence electrons. The predicted molar refractivity (Wildman–Crippen MR) is 105 cm³/mol. The lowest BCUT2D eigenvalue weighted by molar-refractivity contribution is 0.0696. The van der Waals surface area contributed by atoms with Gasteiger partial charge in [-0.15, -0.1) is 12.4 Å². The molecule has 3 rings (SSSR count). The van der Waals surface area contributed by atoms with Gasteiger partial charge in [0.25, 0.3) is 0 Å². The van der Waals surface area contributed by atoms with Gasteiger partial charge in [0.15, 0.2) is 0 Å². The van der Waals surface area contributed by atoms with E-state index in [-0.39, 0.29) is 36.0 Å². The number of oxime groups is 1. The van der Waals surface area contributed by atoms with Gasteiger partial charge >= 0.3 is 5.97 Å². The third-order valence-corrected chi connectivity index (χ3v) is 4.36. The largest absolute Gasteiger partial charge is 0.487 e. The van der Waals surface area contributed by atoms with Crippen LogP contribution in [0, 0.1) is 0 Å². The van der Waals surface area contributed by atoms with Crippen LogP contribution < -0.4 is 9.64 Å². The van der Waals surface area contributed by atoms with Gasteiger partial charge in [0.05, 0.1) is 11.3 Å². The number of rotatable bonds is 6. The zero-order chi connectivity index (χ0) is 18.4. The Morgan fingerprint density at radius 3 is 2.48 bits per heavy atom. The van der Waals surface area contributed by atoms with E-state index in [0.29, 0.717) is 5.75 Å². The van der Waals surface area contributed by atoms with E-state index in [0.717, 1.165) is 13.1 Å². The van der Waals surface area contributed by atoms with E-state index < -0.39 is 5.97 Å². The number of carbonyl (C=O) groups is 1. The number of halogens is 1. The molecule has 0 aliphatic carbocycles. The molecule has 27 heavy (non-hydrogen) atoms. The molecule has 0 bridgehead atoms. The molecule has 7 nitrogen and oxygen atoms in total. The number of benzene rings is 1. The first-order chi connectivity index (χ1) is 12.7. The summed E-state index contributed by atoms with van der Waals surface area (Å²) in [6.45, 7) is 2.13. The van der Waals surface area contributed by atoms with Gasteiger partial charge in [-0.25, -0.2) is 4.79 Å². The summed E-state index contributed by atoms with van der Waals surface area (Å²) in [6, 6.07) is 10.5. The molecule has 1 aromatic heterocycles. The minimum atomic E-state index is -1.07. The minimum Gasteiger partial charge on any atom is -0.487 e. The van der Waals surface area contributed by atoms with Crippen LogP contribution in [-0.2, 0) is 0 Å². The van der Waals surface area contributed by atoms with Crippen LogP contribution in [0.5, 0.6) is 5.75 Å². The molecule has 0 radical (unpaired) electrons. The van der Waals surface area contributed by atoms with Crippen molar-refractivity contribution in [1.29, 1.82) is 0 Å². The molecule has 1 aliphatic rings. The molecule has 2 N–H and O–H groups in total. The molecule has 8 heteroatoms. The van der Waals surface area contributed by atoms with E-state index in [1.807, 2.05) is 24.3 Å². The van der Waals surface area contributed by atoms with Crippen LogP contribution in [0.1, 0.15) is 35.3 Å². The minimum absolute atomic E-state index is 0. The van der Waals surface area contributed by atoms with Crippen molar-refractivity contribution in [2.75, 3.05) is 24.6 Å². The fourth-order valence-corrected chi connectivity index (χ4v) is 2.93. The first kappa shape index (κ1) is 20.5. The number of hydrogen-bond donors (Lipinski definition) is 2. The molecule has 2 aromatic rings. The van der Waals surface area contributed by atoms with Crippen LogP contribution in [-0.4, -0.2) is 46.7 Å². The monoisotopic (exact) mass is 391 g/mol. The molecule has 0 amide bonds. The molecule has 0 spiro atoms. The number of piperidine rings is 1. The Bertz CT molecular complexity index is 790. The van der Waals surface area contributed by atoms with E-state index in [1.54, 1.807) is 0 Å². The maximum atomic E-state index is 11.0. The summed E-state index contributed by atoms with van der Waals surface area (Å²) in [5, 5.41) is 21.4. The van der Waals surface area contributed by atoms with E-state index in [2.05, 4.69) is 15.0 Å². The van der Waals surface area contributed by atoms with Crippen molar-refractivity contribution in [2.24, 2.45) is 5.16 Å². The summed E-state index contributed by atoms with van der Waals surface area (Å²) < 4.78 is 5.66. The van der Waals surface area contributed by atoms with Gasteiger partial charge in [0.2, 0.25) is 0 Å². The molecular weight excluding hydrogens is 370 g/mol. The van der Waals surface area contributed by atoms with Crippen molar-refractivity contribution >= 4 is 29.8 Å². The van der Waals surface area contributed by atoms with Gasteiger partial charge in [-0.05, 0) is 55.7 Å². The Morgan fingerprint density at radius 2 is 1.85 bits per heavy atom. The highest BCUT2D eigenvalue weighted by atomic mass is 35.5. The lowest BCUT2D eigenvalue weighted by Crippen LogP contribution is -2.29. The number of anilines is 1. The average Bonchev–Trinajstić information content (AvgIpc) is 2.70. The number of carboxylic acid groups (broad SMARTS) is 1. The van der Waals surface area contributed by atoms with Crippen molar-refractivity contribution in [3.8, 4) is 5.75 Å². The fourth-order valence-electron chi connectivity index (χ4n) is 2.93. The second-order valence-electron chi connectivity index (χ2n) is 6.11. The summed E-state index contributed by atoms with van der Waals surface area (Å²) in [4.78, 5) is 17.4. The number of carboxylic acids is 1. The second kappa shape index (κ2) is 9.78. The fraction of sp³-hybridized carbons (Fsp3) is 0.316. The number of nitrogens with zero attached hydrogens (tertiary/aromatic N) is 3. The number of aromatic nitrogens is 1. The smallest absolute Gasteiger partial charge is 0.335 e. The average molecular weight is 392 g/mol. The Hall–Kier alpha value is -2.80. The Kier molecular flexibility index (Phi) is 7.43. The van der Waals surface area contributed by atoms with Crippen LogP contribution >= 0.6 is 12.4 Å². The highest BCUT2D eigenvalue weighted by Gasteiger charge is 2.13. The topological polar surface area (TPSA) is 95.3 Å². The van der Waals surface area contributed by atoms with Crippen molar-refractivity contribution in [2.45, 2.75) is 19.3 Å². The third kappa shape index (κ3) is 5.34. The SMILES string of the molecule is Cl.O=C(O)c1ccnc(/C(COc2ccc(N3CCCCC3)cc2)=N/O)c1. The molecule has 2 heterocycles. The maximum absolute atomic E-state index is 11.0. The van der Waals surface area contributed by atoms with Crippen LogP contribution in [0.2, 0.25) is 0 Å². The molecule has 1 aromatic carbocycles. The molecule has 0 unspecified atom stereocenters. The first-order valence-corrected chi connectivity index (χ1v) is 8.56.